The van der Waals surface area contributed by atoms with Crippen LogP contribution in [0.4, 0.5) is 23.7 Å². The maximum absolute atomic E-state index is 13.2. The smallest absolute Gasteiger partial charge is 0.416 e. The molecule has 0 unspecified atom stereocenters. The van der Waals surface area contributed by atoms with Gasteiger partial charge >= 0.3 is 12.2 Å². The lowest BCUT2D eigenvalue weighted by molar-refractivity contribution is -0.137. The third-order valence-corrected chi connectivity index (χ3v) is 5.20. The first-order chi connectivity index (χ1) is 16.8. The van der Waals surface area contributed by atoms with Crippen LogP contribution in [0.3, 0.4) is 0 Å². The Labute approximate surface area is 201 Å². The Morgan fingerprint density at radius 2 is 1.77 bits per heavy atom. The van der Waals surface area contributed by atoms with E-state index in [4.69, 9.17) is 4.42 Å². The van der Waals surface area contributed by atoms with E-state index in [-0.39, 0.29) is 31.2 Å². The van der Waals surface area contributed by atoms with Crippen LogP contribution in [0.25, 0.3) is 0 Å². The number of furan rings is 1. The van der Waals surface area contributed by atoms with Crippen molar-refractivity contribution in [2.75, 3.05) is 25.0 Å². The topological polar surface area (TPSA) is 65.8 Å². The van der Waals surface area contributed by atoms with Crippen LogP contribution in [0.15, 0.2) is 90.1 Å². The van der Waals surface area contributed by atoms with Crippen molar-refractivity contribution in [2.45, 2.75) is 19.1 Å². The molecule has 0 fully saturated rings. The summed E-state index contributed by atoms with van der Waals surface area (Å²) in [6.07, 6.45) is -0.977. The molecule has 0 atom stereocenters. The molecule has 0 aliphatic rings. The van der Waals surface area contributed by atoms with Gasteiger partial charge in [-0.3, -0.25) is 4.79 Å². The number of benzene rings is 2. The fourth-order valence-electron chi connectivity index (χ4n) is 3.41. The lowest BCUT2D eigenvalue weighted by atomic mass is 10.1. The minimum absolute atomic E-state index is 0.0251. The summed E-state index contributed by atoms with van der Waals surface area (Å²) in [4.78, 5) is 28.8. The molecule has 0 saturated heterocycles. The van der Waals surface area contributed by atoms with Crippen LogP contribution in [-0.4, -0.2) is 41.4 Å². The van der Waals surface area contributed by atoms with E-state index in [9.17, 15) is 22.8 Å². The fraction of sp³-hybridized carbons (Fsp3) is 0.231. The van der Waals surface area contributed by atoms with Gasteiger partial charge in [0.15, 0.2) is 0 Å². The lowest BCUT2D eigenvalue weighted by Gasteiger charge is -2.27. The Hall–Kier alpha value is -4.01. The predicted molar refractivity (Wildman–Crippen MR) is 127 cm³/mol. The summed E-state index contributed by atoms with van der Waals surface area (Å²) in [7, 11) is 0. The van der Waals surface area contributed by atoms with Gasteiger partial charge in [0, 0.05) is 18.8 Å². The van der Waals surface area contributed by atoms with Gasteiger partial charge < -0.3 is 19.5 Å². The van der Waals surface area contributed by atoms with Gasteiger partial charge in [0.1, 0.15) is 12.3 Å². The first-order valence-corrected chi connectivity index (χ1v) is 10.9. The number of amides is 3. The zero-order valence-corrected chi connectivity index (χ0v) is 19.0. The van der Waals surface area contributed by atoms with Gasteiger partial charge in [0.05, 0.1) is 18.4 Å². The van der Waals surface area contributed by atoms with Gasteiger partial charge in [-0.1, -0.05) is 42.5 Å². The van der Waals surface area contributed by atoms with Crippen molar-refractivity contribution in [3.8, 4) is 0 Å². The van der Waals surface area contributed by atoms with Crippen LogP contribution in [0.5, 0.6) is 0 Å². The van der Waals surface area contributed by atoms with E-state index in [1.807, 2.05) is 30.3 Å². The number of nitrogens with one attached hydrogen (secondary N) is 1. The number of halogens is 3. The third kappa shape index (κ3) is 7.77. The van der Waals surface area contributed by atoms with Gasteiger partial charge in [-0.15, -0.1) is 6.58 Å². The number of hydrogen-bond donors (Lipinski definition) is 1. The predicted octanol–water partition coefficient (Wildman–Crippen LogP) is 5.59. The summed E-state index contributed by atoms with van der Waals surface area (Å²) in [6.45, 7) is 3.97. The number of anilines is 1. The Morgan fingerprint density at radius 3 is 2.43 bits per heavy atom. The van der Waals surface area contributed by atoms with Crippen LogP contribution in [0.2, 0.25) is 0 Å². The largest absolute Gasteiger partial charge is 0.467 e. The second-order valence-electron chi connectivity index (χ2n) is 7.81. The third-order valence-electron chi connectivity index (χ3n) is 5.20. The molecular formula is C26H26F3N3O3. The fourth-order valence-corrected chi connectivity index (χ4v) is 3.41. The summed E-state index contributed by atoms with van der Waals surface area (Å²) in [5.41, 5.74) is 0.144. The van der Waals surface area contributed by atoms with Crippen molar-refractivity contribution < 1.29 is 27.2 Å². The summed E-state index contributed by atoms with van der Waals surface area (Å²) in [5, 5.41) is 2.44. The molecule has 3 amide bonds. The second-order valence-corrected chi connectivity index (χ2v) is 7.81. The molecule has 0 spiro atoms. The quantitative estimate of drug-likeness (QED) is 0.381. The maximum atomic E-state index is 13.2. The Morgan fingerprint density at radius 1 is 1.00 bits per heavy atom. The molecule has 1 heterocycles. The molecule has 9 heteroatoms. The SMILES string of the molecule is C=CCN(CC(=O)N(CCc1ccccc1)Cc1ccco1)C(=O)Nc1cccc(C(F)(F)F)c1. The minimum atomic E-state index is -4.54. The number of carbonyl (C=O) groups excluding carboxylic acids is 2. The van der Waals surface area contributed by atoms with Crippen molar-refractivity contribution in [2.24, 2.45) is 0 Å². The van der Waals surface area contributed by atoms with Crippen molar-refractivity contribution in [1.82, 2.24) is 9.80 Å². The van der Waals surface area contributed by atoms with Gasteiger partial charge in [-0.2, -0.15) is 13.2 Å². The van der Waals surface area contributed by atoms with Crippen LogP contribution in [0, 0.1) is 0 Å². The summed E-state index contributed by atoms with van der Waals surface area (Å²) in [6, 6.07) is 16.7. The van der Waals surface area contributed by atoms with Crippen LogP contribution < -0.4 is 5.32 Å². The van der Waals surface area contributed by atoms with Crippen LogP contribution >= 0.6 is 0 Å². The molecule has 6 nitrogen and oxygen atoms in total. The van der Waals surface area contributed by atoms with Crippen molar-refractivity contribution in [1.29, 1.82) is 0 Å². The highest BCUT2D eigenvalue weighted by molar-refractivity contribution is 5.92. The Bertz CT molecular complexity index is 1120. The molecule has 0 aliphatic heterocycles. The average molecular weight is 486 g/mol. The van der Waals surface area contributed by atoms with Crippen LogP contribution in [0.1, 0.15) is 16.9 Å². The lowest BCUT2D eigenvalue weighted by Crippen LogP contribution is -2.44. The standard InChI is InChI=1S/C26H26F3N3O3/c1-2-14-32(25(34)30-22-11-6-10-21(17-22)26(27,28)29)19-24(33)31(18-23-12-7-16-35-23)15-13-20-8-4-3-5-9-20/h2-12,16-17H,1,13-15,18-19H2,(H,30,34). The van der Waals surface area contributed by atoms with E-state index in [0.717, 1.165) is 17.7 Å². The second kappa shape index (κ2) is 11.9. The maximum Gasteiger partial charge on any atom is 0.416 e. The highest BCUT2D eigenvalue weighted by atomic mass is 19.4. The number of urea groups is 1. The molecule has 0 bridgehead atoms. The molecule has 0 radical (unpaired) electrons. The van der Waals surface area contributed by atoms with Gasteiger partial charge in [-0.05, 0) is 42.3 Å². The van der Waals surface area contributed by atoms with Gasteiger partial charge in [0.25, 0.3) is 0 Å². The van der Waals surface area contributed by atoms with E-state index in [1.54, 1.807) is 17.0 Å². The van der Waals surface area contributed by atoms with Crippen molar-refractivity contribution in [3.05, 3.63) is 103 Å². The van der Waals surface area contributed by atoms with E-state index >= 15 is 0 Å². The van der Waals surface area contributed by atoms with Crippen LogP contribution in [-0.2, 0) is 23.9 Å². The molecule has 1 N–H and O–H groups in total. The van der Waals surface area contributed by atoms with E-state index < -0.39 is 17.8 Å². The normalized spacial score (nSPS) is 11.1. The molecule has 2 aromatic carbocycles. The highest BCUT2D eigenvalue weighted by Crippen LogP contribution is 2.30. The Balaban J connectivity index is 1.70. The summed E-state index contributed by atoms with van der Waals surface area (Å²) < 4.78 is 44.4. The Kier molecular flexibility index (Phi) is 8.72. The number of carbonyl (C=O) groups is 2. The molecular weight excluding hydrogens is 459 g/mol. The zero-order valence-electron chi connectivity index (χ0n) is 19.0. The minimum Gasteiger partial charge on any atom is -0.467 e. The summed E-state index contributed by atoms with van der Waals surface area (Å²) in [5.74, 6) is 0.258. The number of rotatable bonds is 10. The molecule has 35 heavy (non-hydrogen) atoms. The summed E-state index contributed by atoms with van der Waals surface area (Å²) >= 11 is 0. The van der Waals surface area contributed by atoms with Gasteiger partial charge in [0.2, 0.25) is 5.91 Å². The zero-order chi connectivity index (χ0) is 25.3. The van der Waals surface area contributed by atoms with Gasteiger partial charge in [-0.25, -0.2) is 4.79 Å². The highest BCUT2D eigenvalue weighted by Gasteiger charge is 2.30. The number of hydrogen-bond acceptors (Lipinski definition) is 3. The van der Waals surface area contributed by atoms with Crippen molar-refractivity contribution in [3.63, 3.8) is 0 Å². The molecule has 3 rings (SSSR count). The monoisotopic (exact) mass is 485 g/mol. The molecule has 3 aromatic rings. The first-order valence-electron chi connectivity index (χ1n) is 10.9. The molecule has 1 aromatic heterocycles. The molecule has 0 aliphatic carbocycles. The number of alkyl halides is 3. The van der Waals surface area contributed by atoms with E-state index in [1.165, 1.54) is 29.4 Å². The molecule has 0 saturated carbocycles. The first kappa shape index (κ1) is 25.6. The van der Waals surface area contributed by atoms with Crippen molar-refractivity contribution >= 4 is 17.6 Å². The van der Waals surface area contributed by atoms with E-state index in [0.29, 0.717) is 18.7 Å². The molecule has 184 valence electrons. The van der Waals surface area contributed by atoms with E-state index in [2.05, 4.69) is 11.9 Å². The average Bonchev–Trinajstić information content (AvgIpc) is 3.35. The number of nitrogens with zero attached hydrogens (tertiary/aromatic N) is 2.